The van der Waals surface area contributed by atoms with E-state index in [9.17, 15) is 26.4 Å². The van der Waals surface area contributed by atoms with E-state index in [1.165, 1.54) is 23.1 Å². The molecule has 4 rings (SSSR count). The van der Waals surface area contributed by atoms with Crippen molar-refractivity contribution in [2.45, 2.75) is 18.0 Å². The van der Waals surface area contributed by atoms with Gasteiger partial charge in [-0.1, -0.05) is 41.9 Å². The fourth-order valence-corrected chi connectivity index (χ4v) is 5.86. The van der Waals surface area contributed by atoms with Crippen LogP contribution in [0.3, 0.4) is 0 Å². The number of anilines is 2. The molecule has 3 aromatic rings. The van der Waals surface area contributed by atoms with Gasteiger partial charge in [0.25, 0.3) is 10.0 Å². The van der Waals surface area contributed by atoms with E-state index >= 15 is 0 Å². The fraction of sp³-hybridized carbons (Fsp3) is 0.269. The predicted molar refractivity (Wildman–Crippen MR) is 137 cm³/mol. The second-order valence-corrected chi connectivity index (χ2v) is 10.9. The highest BCUT2D eigenvalue weighted by Gasteiger charge is 2.33. The van der Waals surface area contributed by atoms with Gasteiger partial charge in [-0.25, -0.2) is 8.42 Å². The van der Waals surface area contributed by atoms with Crippen molar-refractivity contribution in [1.29, 1.82) is 0 Å². The second-order valence-electron chi connectivity index (χ2n) is 8.62. The van der Waals surface area contributed by atoms with E-state index in [1.54, 1.807) is 54.3 Å². The summed E-state index contributed by atoms with van der Waals surface area (Å²) in [5.41, 5.74) is 0.505. The SMILES string of the molecule is Cc1c(Cl)cccc1N(CC(=O)N1CCN(c2cccc(C(F)(F)F)c2)CC1)S(=O)(=O)c1ccccc1. The summed E-state index contributed by atoms with van der Waals surface area (Å²) < 4.78 is 67.5. The number of sulfonamides is 1. The lowest BCUT2D eigenvalue weighted by Crippen LogP contribution is -2.52. The van der Waals surface area contributed by atoms with E-state index < -0.39 is 34.2 Å². The van der Waals surface area contributed by atoms with Gasteiger partial charge >= 0.3 is 6.18 Å². The normalized spacial score (nSPS) is 14.5. The maximum atomic E-state index is 13.6. The minimum Gasteiger partial charge on any atom is -0.368 e. The van der Waals surface area contributed by atoms with E-state index in [2.05, 4.69) is 0 Å². The van der Waals surface area contributed by atoms with Crippen LogP contribution in [0.15, 0.2) is 77.7 Å². The van der Waals surface area contributed by atoms with Crippen LogP contribution < -0.4 is 9.21 Å². The van der Waals surface area contributed by atoms with Gasteiger partial charge in [0.15, 0.2) is 0 Å². The van der Waals surface area contributed by atoms with Crippen LogP contribution in [0, 0.1) is 6.92 Å². The summed E-state index contributed by atoms with van der Waals surface area (Å²) in [6.45, 7) is 2.35. The number of piperazine rings is 1. The Morgan fingerprint density at radius 1 is 0.946 bits per heavy atom. The van der Waals surface area contributed by atoms with Crippen molar-refractivity contribution >= 4 is 38.9 Å². The molecule has 0 spiro atoms. The van der Waals surface area contributed by atoms with Crippen LogP contribution in [0.4, 0.5) is 24.5 Å². The monoisotopic (exact) mass is 551 g/mol. The van der Waals surface area contributed by atoms with Crippen LogP contribution in [0.5, 0.6) is 0 Å². The molecule has 1 saturated heterocycles. The van der Waals surface area contributed by atoms with Crippen LogP contribution in [0.25, 0.3) is 0 Å². The molecule has 0 bridgehead atoms. The van der Waals surface area contributed by atoms with Gasteiger partial charge in [-0.2, -0.15) is 13.2 Å². The molecule has 1 amide bonds. The highest BCUT2D eigenvalue weighted by atomic mass is 35.5. The Bertz CT molecular complexity index is 1380. The molecule has 1 heterocycles. The average Bonchev–Trinajstić information content (AvgIpc) is 2.89. The van der Waals surface area contributed by atoms with E-state index in [4.69, 9.17) is 11.6 Å². The lowest BCUT2D eigenvalue weighted by molar-refractivity contribution is -0.137. The molecular formula is C26H25ClF3N3O3S. The number of hydrogen-bond acceptors (Lipinski definition) is 4. The van der Waals surface area contributed by atoms with Crippen molar-refractivity contribution in [2.75, 3.05) is 41.9 Å². The molecule has 37 heavy (non-hydrogen) atoms. The molecule has 0 aromatic heterocycles. The summed E-state index contributed by atoms with van der Waals surface area (Å²) in [6.07, 6.45) is -4.44. The van der Waals surface area contributed by atoms with Gasteiger partial charge in [-0.05, 0) is 55.0 Å². The number of carbonyl (C=O) groups excluding carboxylic acids is 1. The second kappa shape index (κ2) is 10.6. The third-order valence-corrected chi connectivity index (χ3v) is 8.47. The van der Waals surface area contributed by atoms with Crippen molar-refractivity contribution in [3.8, 4) is 0 Å². The average molecular weight is 552 g/mol. The summed E-state index contributed by atoms with van der Waals surface area (Å²) in [7, 11) is -4.09. The molecule has 0 atom stereocenters. The van der Waals surface area contributed by atoms with Crippen molar-refractivity contribution in [3.63, 3.8) is 0 Å². The number of amides is 1. The first-order chi connectivity index (χ1) is 17.5. The summed E-state index contributed by atoms with van der Waals surface area (Å²) in [5, 5.41) is 0.368. The van der Waals surface area contributed by atoms with Gasteiger partial charge in [0.05, 0.1) is 16.1 Å². The molecular weight excluding hydrogens is 527 g/mol. The van der Waals surface area contributed by atoms with Gasteiger partial charge in [0.1, 0.15) is 6.54 Å². The van der Waals surface area contributed by atoms with E-state index in [1.807, 2.05) is 0 Å². The Morgan fingerprint density at radius 3 is 2.24 bits per heavy atom. The Kier molecular flexibility index (Phi) is 7.70. The molecule has 1 aliphatic heterocycles. The number of hydrogen-bond donors (Lipinski definition) is 0. The number of nitrogens with zero attached hydrogens (tertiary/aromatic N) is 3. The van der Waals surface area contributed by atoms with Gasteiger partial charge in [-0.3, -0.25) is 9.10 Å². The molecule has 0 radical (unpaired) electrons. The van der Waals surface area contributed by atoms with Gasteiger partial charge in [0, 0.05) is 36.9 Å². The highest BCUT2D eigenvalue weighted by Crippen LogP contribution is 2.33. The Labute approximate surface area is 218 Å². The third-order valence-electron chi connectivity index (χ3n) is 6.29. The molecule has 3 aromatic carbocycles. The molecule has 6 nitrogen and oxygen atoms in total. The van der Waals surface area contributed by atoms with Crippen molar-refractivity contribution in [3.05, 3.63) is 88.9 Å². The van der Waals surface area contributed by atoms with Crippen molar-refractivity contribution in [2.24, 2.45) is 0 Å². The van der Waals surface area contributed by atoms with Gasteiger partial charge in [-0.15, -0.1) is 0 Å². The topological polar surface area (TPSA) is 60.9 Å². The predicted octanol–water partition coefficient (Wildman–Crippen LogP) is 5.21. The number of rotatable bonds is 6. The Balaban J connectivity index is 1.54. The lowest BCUT2D eigenvalue weighted by atomic mass is 10.1. The van der Waals surface area contributed by atoms with E-state index in [0.29, 0.717) is 35.1 Å². The lowest BCUT2D eigenvalue weighted by Gasteiger charge is -2.37. The Morgan fingerprint density at radius 2 is 1.59 bits per heavy atom. The van der Waals surface area contributed by atoms with Crippen LogP contribution in [0.2, 0.25) is 5.02 Å². The van der Waals surface area contributed by atoms with Crippen molar-refractivity contribution in [1.82, 2.24) is 4.90 Å². The number of alkyl halides is 3. The van der Waals surface area contributed by atoms with E-state index in [0.717, 1.165) is 16.4 Å². The quantitative estimate of drug-likeness (QED) is 0.422. The smallest absolute Gasteiger partial charge is 0.368 e. The zero-order valence-electron chi connectivity index (χ0n) is 20.0. The zero-order chi connectivity index (χ0) is 26.8. The summed E-state index contributed by atoms with van der Waals surface area (Å²) >= 11 is 6.26. The molecule has 0 N–H and O–H groups in total. The van der Waals surface area contributed by atoms with Crippen LogP contribution >= 0.6 is 11.6 Å². The summed E-state index contributed by atoms with van der Waals surface area (Å²) in [4.78, 5) is 16.6. The zero-order valence-corrected chi connectivity index (χ0v) is 21.5. The maximum absolute atomic E-state index is 13.6. The van der Waals surface area contributed by atoms with Crippen molar-refractivity contribution < 1.29 is 26.4 Å². The number of halogens is 4. The molecule has 0 aliphatic carbocycles. The standard InChI is InChI=1S/C26H25ClF3N3O3S/c1-19-23(27)11-6-12-24(19)33(37(35,36)22-9-3-2-4-10-22)18-25(34)32-15-13-31(14-16-32)21-8-5-7-20(17-21)26(28,29)30/h2-12,17H,13-16,18H2,1H3. The highest BCUT2D eigenvalue weighted by molar-refractivity contribution is 7.92. The molecule has 1 fully saturated rings. The fourth-order valence-electron chi connectivity index (χ4n) is 4.20. The van der Waals surface area contributed by atoms with Gasteiger partial charge < -0.3 is 9.80 Å². The largest absolute Gasteiger partial charge is 0.416 e. The molecule has 0 saturated carbocycles. The first-order valence-electron chi connectivity index (χ1n) is 11.5. The first-order valence-corrected chi connectivity index (χ1v) is 13.3. The van der Waals surface area contributed by atoms with E-state index in [-0.39, 0.29) is 18.0 Å². The molecule has 1 aliphatic rings. The van der Waals surface area contributed by atoms with Gasteiger partial charge in [0.2, 0.25) is 5.91 Å². The molecule has 11 heteroatoms. The molecule has 196 valence electrons. The number of carbonyl (C=O) groups is 1. The Hall–Kier alpha value is -3.24. The summed E-state index contributed by atoms with van der Waals surface area (Å²) in [6, 6.07) is 17.7. The number of benzene rings is 3. The maximum Gasteiger partial charge on any atom is 0.416 e. The minimum absolute atomic E-state index is 0.0385. The van der Waals surface area contributed by atoms with Crippen LogP contribution in [-0.2, 0) is 21.0 Å². The molecule has 0 unspecified atom stereocenters. The van der Waals surface area contributed by atoms with Crippen LogP contribution in [0.1, 0.15) is 11.1 Å². The summed E-state index contributed by atoms with van der Waals surface area (Å²) in [5.74, 6) is -0.414. The minimum atomic E-state index is -4.44. The van der Waals surface area contributed by atoms with Crippen LogP contribution in [-0.4, -0.2) is 51.9 Å². The third kappa shape index (κ3) is 5.86. The first kappa shape index (κ1) is 26.8.